The van der Waals surface area contributed by atoms with Crippen molar-refractivity contribution in [1.82, 2.24) is 39.8 Å². The molecule has 13 heteroatoms. The van der Waals surface area contributed by atoms with Crippen LogP contribution in [0, 0.1) is 5.82 Å². The molecule has 196 valence electrons. The molecule has 0 bridgehead atoms. The van der Waals surface area contributed by atoms with Crippen LogP contribution in [0.4, 0.5) is 4.39 Å². The second kappa shape index (κ2) is 9.53. The van der Waals surface area contributed by atoms with Crippen LogP contribution in [0.2, 0.25) is 0 Å². The number of pyridine rings is 3. The average molecular weight is 545 g/mol. The molecule has 0 amide bonds. The Morgan fingerprint density at radius 2 is 1.79 bits per heavy atom. The van der Waals surface area contributed by atoms with Crippen LogP contribution in [0.5, 0.6) is 5.75 Å². The summed E-state index contributed by atoms with van der Waals surface area (Å²) in [4.78, 5) is 21.3. The molecule has 0 radical (unpaired) electrons. The van der Waals surface area contributed by atoms with Crippen molar-refractivity contribution in [3.05, 3.63) is 72.6 Å². The Morgan fingerprint density at radius 3 is 2.62 bits per heavy atom. The fourth-order valence-electron chi connectivity index (χ4n) is 4.27. The highest BCUT2D eigenvalue weighted by Crippen LogP contribution is 2.32. The fourth-order valence-corrected chi connectivity index (χ4v) is 4.70. The number of fused-ring (bicyclic) bond motifs is 2. The molecule has 0 aliphatic rings. The minimum atomic E-state index is -3.44. The van der Waals surface area contributed by atoms with Crippen LogP contribution >= 0.6 is 0 Å². The maximum Gasteiger partial charge on any atom is 0.209 e. The summed E-state index contributed by atoms with van der Waals surface area (Å²) in [5.41, 5.74) is 6.01. The number of benzene rings is 1. The zero-order chi connectivity index (χ0) is 27.1. The molecule has 1 aromatic carbocycles. The minimum absolute atomic E-state index is 0.0467. The van der Waals surface area contributed by atoms with Crippen LogP contribution in [-0.2, 0) is 16.6 Å². The highest BCUT2D eigenvalue weighted by molar-refractivity contribution is 7.88. The fraction of sp³-hybridized carbons (Fsp3) is 0.115. The van der Waals surface area contributed by atoms with E-state index in [9.17, 15) is 12.8 Å². The molecule has 5 aromatic heterocycles. The maximum absolute atomic E-state index is 14.5. The Morgan fingerprint density at radius 1 is 0.949 bits per heavy atom. The van der Waals surface area contributed by atoms with Crippen molar-refractivity contribution < 1.29 is 17.5 Å². The number of ether oxygens (including phenoxy) is 1. The van der Waals surface area contributed by atoms with Gasteiger partial charge in [0.15, 0.2) is 11.5 Å². The van der Waals surface area contributed by atoms with E-state index in [0.29, 0.717) is 56.2 Å². The number of nitrogens with zero attached hydrogens (tertiary/aromatic N) is 5. The lowest BCUT2D eigenvalue weighted by Gasteiger charge is -2.07. The van der Waals surface area contributed by atoms with Crippen LogP contribution in [-0.4, -0.2) is 56.9 Å². The molecule has 0 unspecified atom stereocenters. The molecular weight excluding hydrogens is 523 g/mol. The lowest BCUT2D eigenvalue weighted by Crippen LogP contribution is -2.21. The first-order valence-electron chi connectivity index (χ1n) is 11.7. The van der Waals surface area contributed by atoms with Gasteiger partial charge in [0.2, 0.25) is 10.0 Å². The number of aromatic nitrogens is 7. The summed E-state index contributed by atoms with van der Waals surface area (Å²) >= 11 is 0. The van der Waals surface area contributed by atoms with Crippen molar-refractivity contribution in [3.8, 4) is 39.7 Å². The number of sulfonamides is 1. The lowest BCUT2D eigenvalue weighted by atomic mass is 10.0. The van der Waals surface area contributed by atoms with Gasteiger partial charge >= 0.3 is 0 Å². The molecule has 0 aliphatic heterocycles. The molecule has 11 nitrogen and oxygen atoms in total. The first-order valence-corrected chi connectivity index (χ1v) is 13.6. The molecule has 0 aliphatic carbocycles. The number of rotatable bonds is 7. The van der Waals surface area contributed by atoms with Crippen LogP contribution in [0.15, 0.2) is 61.2 Å². The molecule has 0 saturated carbocycles. The van der Waals surface area contributed by atoms with Crippen LogP contribution in [0.25, 0.3) is 56.0 Å². The summed E-state index contributed by atoms with van der Waals surface area (Å²) in [5, 5.41) is 7.43. The molecule has 0 saturated heterocycles. The van der Waals surface area contributed by atoms with E-state index < -0.39 is 15.8 Å². The van der Waals surface area contributed by atoms with Gasteiger partial charge in [-0.25, -0.2) is 27.5 Å². The minimum Gasteiger partial charge on any atom is -0.495 e. The largest absolute Gasteiger partial charge is 0.495 e. The molecule has 5 heterocycles. The highest BCUT2D eigenvalue weighted by Gasteiger charge is 2.18. The summed E-state index contributed by atoms with van der Waals surface area (Å²) in [5.74, 6) is 0.564. The molecule has 0 fully saturated rings. The van der Waals surface area contributed by atoms with Crippen molar-refractivity contribution in [2.24, 2.45) is 0 Å². The zero-order valence-corrected chi connectivity index (χ0v) is 21.5. The van der Waals surface area contributed by atoms with E-state index in [1.165, 1.54) is 12.1 Å². The molecule has 3 N–H and O–H groups in total. The van der Waals surface area contributed by atoms with Gasteiger partial charge in [-0.3, -0.25) is 15.1 Å². The van der Waals surface area contributed by atoms with Gasteiger partial charge < -0.3 is 9.72 Å². The van der Waals surface area contributed by atoms with Crippen molar-refractivity contribution in [3.63, 3.8) is 0 Å². The molecule has 0 spiro atoms. The Kier molecular flexibility index (Phi) is 6.00. The second-order valence-electron chi connectivity index (χ2n) is 8.89. The number of methoxy groups -OCH3 is 1. The van der Waals surface area contributed by atoms with E-state index in [1.807, 2.05) is 18.2 Å². The summed E-state index contributed by atoms with van der Waals surface area (Å²) in [6.07, 6.45) is 7.58. The number of H-pyrrole nitrogens is 2. The topological polar surface area (TPSA) is 151 Å². The van der Waals surface area contributed by atoms with Crippen molar-refractivity contribution in [2.75, 3.05) is 13.4 Å². The zero-order valence-electron chi connectivity index (χ0n) is 20.7. The van der Waals surface area contributed by atoms with Crippen LogP contribution in [0.3, 0.4) is 0 Å². The van der Waals surface area contributed by atoms with E-state index in [0.717, 1.165) is 17.3 Å². The first kappa shape index (κ1) is 24.6. The smallest absolute Gasteiger partial charge is 0.209 e. The standard InChI is InChI=1S/C26H21FN8O3S/c1-38-18-8-16(10-28-11-18)20-3-4-21-24(31-20)25(35-34-21)26-32-22-13-29-12-19(23(22)33-26)15-5-14(6-17(27)7-15)9-30-39(2,36)37/h3-8,10-13,30H,9H2,1-2H3,(H,32,33)(H,34,35). The first-order chi connectivity index (χ1) is 18.8. The summed E-state index contributed by atoms with van der Waals surface area (Å²) in [6.45, 7) is -0.0467. The van der Waals surface area contributed by atoms with Gasteiger partial charge in [-0.05, 0) is 47.5 Å². The Bertz CT molecular complexity index is 1970. The van der Waals surface area contributed by atoms with Gasteiger partial charge in [0.1, 0.15) is 17.1 Å². The predicted molar refractivity (Wildman–Crippen MR) is 144 cm³/mol. The molecule has 39 heavy (non-hydrogen) atoms. The molecular formula is C26H21FN8O3S. The molecule has 6 rings (SSSR count). The van der Waals surface area contributed by atoms with E-state index >= 15 is 0 Å². The van der Waals surface area contributed by atoms with Gasteiger partial charge in [-0.15, -0.1) is 0 Å². The van der Waals surface area contributed by atoms with Crippen molar-refractivity contribution in [2.45, 2.75) is 6.54 Å². The third kappa shape index (κ3) is 4.92. The normalized spacial score (nSPS) is 11.9. The Labute approximate surface area is 221 Å². The predicted octanol–water partition coefficient (Wildman–Crippen LogP) is 3.82. The van der Waals surface area contributed by atoms with E-state index in [4.69, 9.17) is 14.7 Å². The summed E-state index contributed by atoms with van der Waals surface area (Å²) in [7, 11) is -1.86. The summed E-state index contributed by atoms with van der Waals surface area (Å²) in [6, 6.07) is 9.92. The van der Waals surface area contributed by atoms with E-state index in [2.05, 4.69) is 29.9 Å². The van der Waals surface area contributed by atoms with Gasteiger partial charge in [0.25, 0.3) is 0 Å². The van der Waals surface area contributed by atoms with Gasteiger partial charge in [-0.1, -0.05) is 0 Å². The number of hydrogen-bond donors (Lipinski definition) is 3. The lowest BCUT2D eigenvalue weighted by molar-refractivity contribution is 0.413. The quantitative estimate of drug-likeness (QED) is 0.274. The van der Waals surface area contributed by atoms with Crippen molar-refractivity contribution >= 4 is 32.1 Å². The molecule has 6 aromatic rings. The maximum atomic E-state index is 14.5. The van der Waals surface area contributed by atoms with Crippen molar-refractivity contribution in [1.29, 1.82) is 0 Å². The third-order valence-electron chi connectivity index (χ3n) is 6.08. The summed E-state index contributed by atoms with van der Waals surface area (Å²) < 4.78 is 45.2. The average Bonchev–Trinajstić information content (AvgIpc) is 3.55. The Balaban J connectivity index is 1.42. The number of imidazole rings is 1. The van der Waals surface area contributed by atoms with E-state index in [1.54, 1.807) is 38.0 Å². The van der Waals surface area contributed by atoms with Gasteiger partial charge in [0, 0.05) is 30.1 Å². The number of nitrogens with one attached hydrogen (secondary N) is 3. The SMILES string of the molecule is COc1cncc(-c2ccc3[nH]nc(-c4nc5c(-c6cc(F)cc(CNS(C)(=O)=O)c6)cncc5[nH]4)c3n2)c1. The highest BCUT2D eigenvalue weighted by atomic mass is 32.2. The van der Waals surface area contributed by atoms with Crippen LogP contribution in [0.1, 0.15) is 5.56 Å². The van der Waals surface area contributed by atoms with Gasteiger partial charge in [-0.2, -0.15) is 5.10 Å². The molecule has 0 atom stereocenters. The second-order valence-corrected chi connectivity index (χ2v) is 10.7. The number of hydrogen-bond acceptors (Lipinski definition) is 8. The van der Waals surface area contributed by atoms with E-state index in [-0.39, 0.29) is 6.54 Å². The number of halogens is 1. The van der Waals surface area contributed by atoms with Gasteiger partial charge in [0.05, 0.1) is 48.0 Å². The van der Waals surface area contributed by atoms with Crippen LogP contribution < -0.4 is 9.46 Å². The Hall–Kier alpha value is -4.75. The number of aromatic amines is 2. The third-order valence-corrected chi connectivity index (χ3v) is 6.75. The monoisotopic (exact) mass is 544 g/mol.